The molecule has 0 aliphatic rings. The second-order valence-electron chi connectivity index (χ2n) is 6.49. The molecule has 0 atom stereocenters. The van der Waals surface area contributed by atoms with Crippen LogP contribution in [0.4, 0.5) is 24.5 Å². The number of anilines is 2. The third kappa shape index (κ3) is 5.51. The quantitative estimate of drug-likeness (QED) is 0.518. The first kappa shape index (κ1) is 23.4. The second-order valence-corrected chi connectivity index (χ2v) is 9.86. The van der Waals surface area contributed by atoms with Crippen LogP contribution >= 0.6 is 0 Å². The van der Waals surface area contributed by atoms with Crippen molar-refractivity contribution >= 4 is 31.4 Å². The lowest BCUT2D eigenvalue weighted by molar-refractivity contribution is -0.137. The van der Waals surface area contributed by atoms with E-state index in [0.717, 1.165) is 18.2 Å². The van der Waals surface area contributed by atoms with E-state index in [9.17, 15) is 30.0 Å². The van der Waals surface area contributed by atoms with Gasteiger partial charge in [-0.1, -0.05) is 12.1 Å². The number of methoxy groups -OCH3 is 1. The van der Waals surface area contributed by atoms with E-state index in [-0.39, 0.29) is 21.2 Å². The summed E-state index contributed by atoms with van der Waals surface area (Å²) in [4.78, 5) is -0.418. The van der Waals surface area contributed by atoms with E-state index < -0.39 is 31.8 Å². The van der Waals surface area contributed by atoms with Gasteiger partial charge in [-0.25, -0.2) is 16.8 Å². The van der Waals surface area contributed by atoms with Crippen molar-refractivity contribution in [1.29, 1.82) is 0 Å². The molecule has 12 heteroatoms. The minimum Gasteiger partial charge on any atom is -0.497 e. The first-order valence-electron chi connectivity index (χ1n) is 8.88. The summed E-state index contributed by atoms with van der Waals surface area (Å²) in [7, 11) is -6.89. The van der Waals surface area contributed by atoms with Crippen molar-refractivity contribution in [3.8, 4) is 5.75 Å². The van der Waals surface area contributed by atoms with Crippen molar-refractivity contribution in [3.63, 3.8) is 0 Å². The summed E-state index contributed by atoms with van der Waals surface area (Å²) in [6.45, 7) is 0. The van der Waals surface area contributed by atoms with Crippen LogP contribution in [0.3, 0.4) is 0 Å². The van der Waals surface area contributed by atoms with Gasteiger partial charge in [0.05, 0.1) is 28.2 Å². The Morgan fingerprint density at radius 3 is 1.81 bits per heavy atom. The third-order valence-electron chi connectivity index (χ3n) is 4.21. The second kappa shape index (κ2) is 8.71. The van der Waals surface area contributed by atoms with Gasteiger partial charge in [0.15, 0.2) is 0 Å². The number of sulfonamides is 2. The zero-order valence-electron chi connectivity index (χ0n) is 16.4. The third-order valence-corrected chi connectivity index (χ3v) is 6.98. The van der Waals surface area contributed by atoms with Crippen molar-refractivity contribution < 1.29 is 34.7 Å². The molecule has 3 aromatic rings. The Hall–Kier alpha value is -3.25. The SMILES string of the molecule is COc1ccc(S(=O)(=O)Nc2cccc(S(=O)(=O)Nc3cccc(C(F)(F)F)c3)c2)cc1. The predicted octanol–water partition coefficient (Wildman–Crippen LogP) is 4.32. The molecule has 0 aromatic heterocycles. The van der Waals surface area contributed by atoms with Crippen LogP contribution in [0.2, 0.25) is 0 Å². The van der Waals surface area contributed by atoms with E-state index in [4.69, 9.17) is 4.74 Å². The van der Waals surface area contributed by atoms with Gasteiger partial charge >= 0.3 is 6.18 Å². The fourth-order valence-corrected chi connectivity index (χ4v) is 4.81. The number of rotatable bonds is 7. The summed E-state index contributed by atoms with van der Waals surface area (Å²) < 4.78 is 98.3. The molecule has 2 N–H and O–H groups in total. The average molecular weight is 486 g/mol. The van der Waals surface area contributed by atoms with Crippen LogP contribution in [0.25, 0.3) is 0 Å². The molecule has 0 saturated heterocycles. The highest BCUT2D eigenvalue weighted by Crippen LogP contribution is 2.31. The molecule has 32 heavy (non-hydrogen) atoms. The molecule has 0 amide bonds. The van der Waals surface area contributed by atoms with Crippen molar-refractivity contribution in [1.82, 2.24) is 0 Å². The minimum atomic E-state index is -4.64. The van der Waals surface area contributed by atoms with Crippen LogP contribution in [-0.4, -0.2) is 23.9 Å². The lowest BCUT2D eigenvalue weighted by Crippen LogP contribution is -2.16. The number of hydrogen-bond acceptors (Lipinski definition) is 5. The molecule has 0 unspecified atom stereocenters. The minimum absolute atomic E-state index is 0.0484. The zero-order chi connectivity index (χ0) is 23.6. The Bertz CT molecular complexity index is 1320. The van der Waals surface area contributed by atoms with Crippen LogP contribution in [0, 0.1) is 0 Å². The van der Waals surface area contributed by atoms with E-state index in [1.54, 1.807) is 0 Å². The van der Waals surface area contributed by atoms with Gasteiger partial charge in [-0.2, -0.15) is 13.2 Å². The summed E-state index contributed by atoms with van der Waals surface area (Å²) in [5.74, 6) is 0.456. The maximum absolute atomic E-state index is 12.9. The van der Waals surface area contributed by atoms with Crippen LogP contribution in [0.5, 0.6) is 5.75 Å². The molecule has 0 fully saturated rings. The summed E-state index contributed by atoms with van der Waals surface area (Å²) in [5, 5.41) is 0. The van der Waals surface area contributed by atoms with Crippen molar-refractivity contribution in [2.45, 2.75) is 16.0 Å². The summed E-state index contributed by atoms with van der Waals surface area (Å²) in [6.07, 6.45) is -4.64. The van der Waals surface area contributed by atoms with E-state index in [1.807, 2.05) is 0 Å². The van der Waals surface area contributed by atoms with Gasteiger partial charge in [0.2, 0.25) is 0 Å². The summed E-state index contributed by atoms with van der Waals surface area (Å²) >= 11 is 0. The number of ether oxygens (including phenoxy) is 1. The number of benzene rings is 3. The van der Waals surface area contributed by atoms with Gasteiger partial charge in [0.25, 0.3) is 20.0 Å². The molecule has 3 rings (SSSR count). The topological polar surface area (TPSA) is 102 Å². The van der Waals surface area contributed by atoms with Gasteiger partial charge in [0, 0.05) is 5.69 Å². The van der Waals surface area contributed by atoms with E-state index in [1.165, 1.54) is 55.6 Å². The van der Waals surface area contributed by atoms with Gasteiger partial charge in [-0.15, -0.1) is 0 Å². The van der Waals surface area contributed by atoms with Crippen LogP contribution < -0.4 is 14.2 Å². The molecule has 170 valence electrons. The molecule has 0 radical (unpaired) electrons. The maximum atomic E-state index is 12.9. The monoisotopic (exact) mass is 486 g/mol. The molecular formula is C20H17F3N2O5S2. The fraction of sp³-hybridized carbons (Fsp3) is 0.100. The van der Waals surface area contributed by atoms with Gasteiger partial charge in [-0.05, 0) is 60.7 Å². The Kier molecular flexibility index (Phi) is 6.37. The Balaban J connectivity index is 1.84. The molecule has 0 saturated carbocycles. The standard InChI is InChI=1S/C20H17F3N2O5S2/c1-30-17-8-10-18(11-9-17)31(26,27)25-16-6-3-7-19(13-16)32(28,29)24-15-5-2-4-14(12-15)20(21,22)23/h2-13,24-25H,1H3. The highest BCUT2D eigenvalue weighted by Gasteiger charge is 2.30. The van der Waals surface area contributed by atoms with Crippen LogP contribution in [0.1, 0.15) is 5.56 Å². The number of hydrogen-bond donors (Lipinski definition) is 2. The summed E-state index contributed by atoms with van der Waals surface area (Å²) in [6, 6.07) is 14.1. The first-order valence-corrected chi connectivity index (χ1v) is 11.8. The first-order chi connectivity index (χ1) is 14.9. The smallest absolute Gasteiger partial charge is 0.416 e. The number of alkyl halides is 3. The maximum Gasteiger partial charge on any atom is 0.416 e. The largest absolute Gasteiger partial charge is 0.497 e. The molecule has 3 aromatic carbocycles. The van der Waals surface area contributed by atoms with Crippen molar-refractivity contribution in [2.24, 2.45) is 0 Å². The van der Waals surface area contributed by atoms with Crippen LogP contribution in [-0.2, 0) is 26.2 Å². The van der Waals surface area contributed by atoms with E-state index in [0.29, 0.717) is 11.8 Å². The number of nitrogens with one attached hydrogen (secondary N) is 2. The highest BCUT2D eigenvalue weighted by molar-refractivity contribution is 7.93. The normalized spacial score (nSPS) is 12.2. The molecule has 7 nitrogen and oxygen atoms in total. The molecule has 0 bridgehead atoms. The molecule has 0 aliphatic carbocycles. The molecule has 0 spiro atoms. The zero-order valence-corrected chi connectivity index (χ0v) is 18.1. The van der Waals surface area contributed by atoms with Crippen molar-refractivity contribution in [3.05, 3.63) is 78.4 Å². The molecule has 0 heterocycles. The summed E-state index contributed by atoms with van der Waals surface area (Å²) in [5.41, 5.74) is -1.35. The Labute approximate surface area is 183 Å². The molecular weight excluding hydrogens is 469 g/mol. The number of halogens is 3. The van der Waals surface area contributed by atoms with E-state index >= 15 is 0 Å². The Morgan fingerprint density at radius 2 is 1.25 bits per heavy atom. The highest BCUT2D eigenvalue weighted by atomic mass is 32.2. The lowest BCUT2D eigenvalue weighted by atomic mass is 10.2. The molecule has 0 aliphatic heterocycles. The lowest BCUT2D eigenvalue weighted by Gasteiger charge is -2.13. The van der Waals surface area contributed by atoms with Gasteiger partial charge in [-0.3, -0.25) is 9.44 Å². The van der Waals surface area contributed by atoms with Gasteiger partial charge in [0.1, 0.15) is 5.75 Å². The predicted molar refractivity (Wildman–Crippen MR) is 112 cm³/mol. The Morgan fingerprint density at radius 1 is 0.719 bits per heavy atom. The fourth-order valence-electron chi connectivity index (χ4n) is 2.67. The average Bonchev–Trinajstić information content (AvgIpc) is 2.73. The van der Waals surface area contributed by atoms with Crippen LogP contribution in [0.15, 0.2) is 82.6 Å². The van der Waals surface area contributed by atoms with Gasteiger partial charge < -0.3 is 4.74 Å². The van der Waals surface area contributed by atoms with Crippen molar-refractivity contribution in [2.75, 3.05) is 16.6 Å². The van der Waals surface area contributed by atoms with E-state index in [2.05, 4.69) is 9.44 Å².